The molecule has 3 rings (SSSR count). The van der Waals surface area contributed by atoms with Gasteiger partial charge in [-0.2, -0.15) is 0 Å². The molecule has 0 spiro atoms. The highest BCUT2D eigenvalue weighted by Gasteiger charge is 2.22. The highest BCUT2D eigenvalue weighted by Crippen LogP contribution is 2.24. The Balaban J connectivity index is 1.90. The summed E-state index contributed by atoms with van der Waals surface area (Å²) in [6, 6.07) is 0. The van der Waals surface area contributed by atoms with E-state index in [2.05, 4.69) is 27.1 Å². The van der Waals surface area contributed by atoms with Crippen LogP contribution < -0.4 is 10.2 Å². The van der Waals surface area contributed by atoms with E-state index in [-0.39, 0.29) is 6.10 Å². The van der Waals surface area contributed by atoms with Gasteiger partial charge in [0.05, 0.1) is 11.8 Å². The minimum absolute atomic E-state index is 0.273. The first-order valence-corrected chi connectivity index (χ1v) is 6.74. The number of hydrogen-bond acceptors (Lipinski definition) is 5. The Morgan fingerprint density at radius 2 is 2.39 bits per heavy atom. The van der Waals surface area contributed by atoms with E-state index in [0.29, 0.717) is 0 Å². The average Bonchev–Trinajstić information content (AvgIpc) is 2.63. The van der Waals surface area contributed by atoms with Crippen molar-refractivity contribution in [2.24, 2.45) is 0 Å². The van der Waals surface area contributed by atoms with Gasteiger partial charge < -0.3 is 15.0 Å². The van der Waals surface area contributed by atoms with Gasteiger partial charge in [-0.3, -0.25) is 0 Å². The van der Waals surface area contributed by atoms with Crippen LogP contribution in [0.2, 0.25) is 0 Å². The second-order valence-corrected chi connectivity index (χ2v) is 5.03. The maximum atomic E-state index is 5.70. The van der Waals surface area contributed by atoms with Gasteiger partial charge in [-0.05, 0) is 13.3 Å². The van der Waals surface area contributed by atoms with Crippen LogP contribution in [-0.4, -0.2) is 42.3 Å². The summed E-state index contributed by atoms with van der Waals surface area (Å²) in [5.41, 5.74) is 2.48. The molecule has 0 radical (unpaired) electrons. The Bertz CT molecular complexity index is 423. The highest BCUT2D eigenvalue weighted by atomic mass is 16.5. The quantitative estimate of drug-likeness (QED) is 0.794. The van der Waals surface area contributed by atoms with E-state index in [1.54, 1.807) is 6.33 Å². The second-order valence-electron chi connectivity index (χ2n) is 5.03. The zero-order valence-electron chi connectivity index (χ0n) is 10.9. The normalized spacial score (nSPS) is 24.5. The Morgan fingerprint density at radius 3 is 3.33 bits per heavy atom. The molecule has 2 aliphatic rings. The summed E-state index contributed by atoms with van der Waals surface area (Å²) in [5.74, 6) is 1.10. The highest BCUT2D eigenvalue weighted by molar-refractivity contribution is 5.49. The topological polar surface area (TPSA) is 50.3 Å². The van der Waals surface area contributed by atoms with Crippen molar-refractivity contribution in [1.29, 1.82) is 0 Å². The van der Waals surface area contributed by atoms with Crippen molar-refractivity contribution in [1.82, 2.24) is 15.3 Å². The van der Waals surface area contributed by atoms with E-state index in [0.717, 1.165) is 51.4 Å². The molecule has 1 saturated heterocycles. The van der Waals surface area contributed by atoms with E-state index >= 15 is 0 Å². The molecule has 0 aliphatic carbocycles. The smallest absolute Gasteiger partial charge is 0.136 e. The molecular formula is C13H20N4O. The summed E-state index contributed by atoms with van der Waals surface area (Å²) in [7, 11) is 0. The standard InChI is InChI=1S/C13H20N4O/c1-10-8-17(5-2-6-18-10)13-11-7-14-4-3-12(11)15-9-16-13/h9-10,14H,2-8H2,1H3. The lowest BCUT2D eigenvalue weighted by Crippen LogP contribution is -2.34. The van der Waals surface area contributed by atoms with Crippen molar-refractivity contribution >= 4 is 5.82 Å². The molecule has 5 nitrogen and oxygen atoms in total. The average molecular weight is 248 g/mol. The molecule has 0 bridgehead atoms. The van der Waals surface area contributed by atoms with Crippen molar-refractivity contribution in [3.8, 4) is 0 Å². The summed E-state index contributed by atoms with van der Waals surface area (Å²) < 4.78 is 5.70. The molecule has 18 heavy (non-hydrogen) atoms. The van der Waals surface area contributed by atoms with Gasteiger partial charge in [-0.15, -0.1) is 0 Å². The number of fused-ring (bicyclic) bond motifs is 1. The lowest BCUT2D eigenvalue weighted by molar-refractivity contribution is 0.0820. The molecule has 1 atom stereocenters. The van der Waals surface area contributed by atoms with Gasteiger partial charge in [0, 0.05) is 44.8 Å². The fourth-order valence-electron chi connectivity index (χ4n) is 2.71. The molecular weight excluding hydrogens is 228 g/mol. The minimum atomic E-state index is 0.273. The van der Waals surface area contributed by atoms with Crippen LogP contribution in [0.3, 0.4) is 0 Å². The number of nitrogens with one attached hydrogen (secondary N) is 1. The summed E-state index contributed by atoms with van der Waals surface area (Å²) in [4.78, 5) is 11.3. The van der Waals surface area contributed by atoms with E-state index < -0.39 is 0 Å². The van der Waals surface area contributed by atoms with E-state index in [9.17, 15) is 0 Å². The number of aromatic nitrogens is 2. The van der Waals surface area contributed by atoms with Crippen LogP contribution in [-0.2, 0) is 17.7 Å². The SMILES string of the molecule is CC1CN(c2ncnc3c2CNCC3)CCCO1. The van der Waals surface area contributed by atoms with Gasteiger partial charge >= 0.3 is 0 Å². The van der Waals surface area contributed by atoms with Crippen LogP contribution >= 0.6 is 0 Å². The molecule has 2 aliphatic heterocycles. The molecule has 0 aromatic carbocycles. The number of hydrogen-bond donors (Lipinski definition) is 1. The van der Waals surface area contributed by atoms with Gasteiger partial charge in [0.2, 0.25) is 0 Å². The van der Waals surface area contributed by atoms with Crippen molar-refractivity contribution in [3.05, 3.63) is 17.6 Å². The molecule has 98 valence electrons. The largest absolute Gasteiger partial charge is 0.377 e. The summed E-state index contributed by atoms with van der Waals surface area (Å²) >= 11 is 0. The first-order valence-electron chi connectivity index (χ1n) is 6.74. The molecule has 3 heterocycles. The minimum Gasteiger partial charge on any atom is -0.377 e. The molecule has 1 N–H and O–H groups in total. The van der Waals surface area contributed by atoms with Crippen LogP contribution in [0.1, 0.15) is 24.6 Å². The Kier molecular flexibility index (Phi) is 3.43. The lowest BCUT2D eigenvalue weighted by Gasteiger charge is -2.28. The van der Waals surface area contributed by atoms with Gasteiger partial charge in [-0.1, -0.05) is 0 Å². The van der Waals surface area contributed by atoms with Gasteiger partial charge in [-0.25, -0.2) is 9.97 Å². The number of nitrogens with zero attached hydrogens (tertiary/aromatic N) is 3. The van der Waals surface area contributed by atoms with Crippen LogP contribution in [0.4, 0.5) is 5.82 Å². The maximum Gasteiger partial charge on any atom is 0.136 e. The van der Waals surface area contributed by atoms with Crippen LogP contribution in [0, 0.1) is 0 Å². The summed E-state index contributed by atoms with van der Waals surface area (Å²) in [6.07, 6.45) is 4.05. The first kappa shape index (κ1) is 11.9. The van der Waals surface area contributed by atoms with Crippen molar-refractivity contribution < 1.29 is 4.74 Å². The second kappa shape index (κ2) is 5.20. The summed E-state index contributed by atoms with van der Waals surface area (Å²) in [5, 5.41) is 3.41. The fraction of sp³-hybridized carbons (Fsp3) is 0.692. The number of anilines is 1. The van der Waals surface area contributed by atoms with Crippen LogP contribution in [0.25, 0.3) is 0 Å². The predicted molar refractivity (Wildman–Crippen MR) is 69.7 cm³/mol. The van der Waals surface area contributed by atoms with Crippen molar-refractivity contribution in [3.63, 3.8) is 0 Å². The van der Waals surface area contributed by atoms with E-state index in [1.165, 1.54) is 11.3 Å². The van der Waals surface area contributed by atoms with Crippen molar-refractivity contribution in [2.45, 2.75) is 32.4 Å². The summed E-state index contributed by atoms with van der Waals surface area (Å²) in [6.45, 7) is 6.82. The third-order valence-corrected chi connectivity index (χ3v) is 3.60. The van der Waals surface area contributed by atoms with Crippen LogP contribution in [0.15, 0.2) is 6.33 Å². The molecule has 1 fully saturated rings. The molecule has 5 heteroatoms. The van der Waals surface area contributed by atoms with Crippen LogP contribution in [0.5, 0.6) is 0 Å². The third-order valence-electron chi connectivity index (χ3n) is 3.60. The Morgan fingerprint density at radius 1 is 1.44 bits per heavy atom. The monoisotopic (exact) mass is 248 g/mol. The third kappa shape index (κ3) is 2.33. The van der Waals surface area contributed by atoms with Gasteiger partial charge in [0.15, 0.2) is 0 Å². The molecule has 0 amide bonds. The zero-order valence-corrected chi connectivity index (χ0v) is 10.9. The molecule has 1 aromatic heterocycles. The number of rotatable bonds is 1. The fourth-order valence-corrected chi connectivity index (χ4v) is 2.71. The molecule has 1 unspecified atom stereocenters. The molecule has 1 aromatic rings. The van der Waals surface area contributed by atoms with E-state index in [4.69, 9.17) is 4.74 Å². The van der Waals surface area contributed by atoms with E-state index in [1.807, 2.05) is 0 Å². The van der Waals surface area contributed by atoms with Gasteiger partial charge in [0.1, 0.15) is 12.1 Å². The maximum absolute atomic E-state index is 5.70. The zero-order chi connectivity index (χ0) is 12.4. The number of ether oxygens (including phenoxy) is 1. The Labute approximate surface area is 108 Å². The lowest BCUT2D eigenvalue weighted by atomic mass is 10.1. The van der Waals surface area contributed by atoms with Crippen molar-refractivity contribution in [2.75, 3.05) is 31.1 Å². The van der Waals surface area contributed by atoms with Gasteiger partial charge in [0.25, 0.3) is 0 Å². The first-order chi connectivity index (χ1) is 8.84. The Hall–Kier alpha value is -1.20. The molecule has 0 saturated carbocycles. The predicted octanol–water partition coefficient (Wildman–Crippen LogP) is 0.737.